The highest BCUT2D eigenvalue weighted by atomic mass is 127. The van der Waals surface area contributed by atoms with E-state index in [0.29, 0.717) is 6.54 Å². The van der Waals surface area contributed by atoms with E-state index in [-0.39, 0.29) is 29.9 Å². The number of rotatable bonds is 11. The molecule has 6 nitrogen and oxygen atoms in total. The van der Waals surface area contributed by atoms with Crippen molar-refractivity contribution in [3.63, 3.8) is 0 Å². The van der Waals surface area contributed by atoms with Gasteiger partial charge in [-0.2, -0.15) is 0 Å². The predicted molar refractivity (Wildman–Crippen MR) is 123 cm³/mol. The summed E-state index contributed by atoms with van der Waals surface area (Å²) in [6.07, 6.45) is 2.09. The van der Waals surface area contributed by atoms with E-state index in [4.69, 9.17) is 4.74 Å². The summed E-state index contributed by atoms with van der Waals surface area (Å²) >= 11 is 0. The molecule has 27 heavy (non-hydrogen) atoms. The van der Waals surface area contributed by atoms with E-state index in [1.54, 1.807) is 7.05 Å². The van der Waals surface area contributed by atoms with E-state index >= 15 is 0 Å². The topological polar surface area (TPSA) is 66.0 Å². The van der Waals surface area contributed by atoms with Crippen LogP contribution in [0.5, 0.6) is 0 Å². The molecule has 0 aliphatic carbocycles. The molecule has 0 aromatic heterocycles. The highest BCUT2D eigenvalue weighted by Gasteiger charge is 2.11. The van der Waals surface area contributed by atoms with Crippen molar-refractivity contribution in [2.45, 2.75) is 40.2 Å². The normalized spacial score (nSPS) is 10.9. The number of amides is 1. The summed E-state index contributed by atoms with van der Waals surface area (Å²) < 4.78 is 5.33. The number of nitrogens with zero attached hydrogens (tertiary/aromatic N) is 2. The van der Waals surface area contributed by atoms with Crippen LogP contribution in [0.1, 0.15) is 49.5 Å². The monoisotopic (exact) mass is 490 g/mol. The van der Waals surface area contributed by atoms with Crippen molar-refractivity contribution in [1.29, 1.82) is 0 Å². The number of ether oxygens (including phenoxy) is 1. The molecule has 1 amide bonds. The van der Waals surface area contributed by atoms with Crippen LogP contribution < -0.4 is 10.6 Å². The lowest BCUT2D eigenvalue weighted by Crippen LogP contribution is -2.37. The third kappa shape index (κ3) is 9.95. The zero-order chi connectivity index (χ0) is 19.2. The maximum absolute atomic E-state index is 12.3. The molecule has 0 bridgehead atoms. The van der Waals surface area contributed by atoms with Crippen molar-refractivity contribution < 1.29 is 9.53 Å². The molecule has 0 aliphatic rings. The van der Waals surface area contributed by atoms with Crippen molar-refractivity contribution in [3.8, 4) is 0 Å². The molecule has 0 saturated heterocycles. The SMILES string of the molecule is CCOCCCCNC(=NC)NCc1ccc(C(=O)N(CC)CC)cc1.I. The molecule has 2 N–H and O–H groups in total. The number of unbranched alkanes of at least 4 members (excludes halogenated alkanes) is 1. The largest absolute Gasteiger partial charge is 0.382 e. The average molecular weight is 490 g/mol. The summed E-state index contributed by atoms with van der Waals surface area (Å²) in [5.41, 5.74) is 1.84. The number of carbonyl (C=O) groups excluding carboxylic acids is 1. The second-order valence-corrected chi connectivity index (χ2v) is 5.93. The van der Waals surface area contributed by atoms with Crippen LogP contribution in [0.3, 0.4) is 0 Å². The number of benzene rings is 1. The smallest absolute Gasteiger partial charge is 0.253 e. The number of halogens is 1. The van der Waals surface area contributed by atoms with Gasteiger partial charge in [0.05, 0.1) is 0 Å². The number of hydrogen-bond acceptors (Lipinski definition) is 3. The van der Waals surface area contributed by atoms with Crippen LogP contribution in [0.4, 0.5) is 0 Å². The number of aliphatic imine (C=N–C) groups is 1. The highest BCUT2D eigenvalue weighted by Crippen LogP contribution is 2.08. The Hall–Kier alpha value is -1.35. The van der Waals surface area contributed by atoms with Gasteiger partial charge in [-0.15, -0.1) is 24.0 Å². The second-order valence-electron chi connectivity index (χ2n) is 5.93. The maximum atomic E-state index is 12.3. The summed E-state index contributed by atoms with van der Waals surface area (Å²) in [7, 11) is 1.77. The van der Waals surface area contributed by atoms with E-state index in [1.807, 2.05) is 49.9 Å². The van der Waals surface area contributed by atoms with Crippen molar-refractivity contribution in [3.05, 3.63) is 35.4 Å². The fourth-order valence-corrected chi connectivity index (χ4v) is 2.55. The van der Waals surface area contributed by atoms with Crippen LogP contribution in [-0.4, -0.2) is 56.7 Å². The molecule has 7 heteroatoms. The second kappa shape index (κ2) is 15.7. The maximum Gasteiger partial charge on any atom is 0.253 e. The van der Waals surface area contributed by atoms with E-state index in [0.717, 1.165) is 62.8 Å². The van der Waals surface area contributed by atoms with Crippen molar-refractivity contribution in [2.75, 3.05) is 39.9 Å². The van der Waals surface area contributed by atoms with Gasteiger partial charge in [0, 0.05) is 52.0 Å². The molecule has 1 rings (SSSR count). The molecule has 0 radical (unpaired) electrons. The van der Waals surface area contributed by atoms with Crippen LogP contribution in [0.2, 0.25) is 0 Å². The van der Waals surface area contributed by atoms with Crippen LogP contribution in [-0.2, 0) is 11.3 Å². The third-order valence-corrected chi connectivity index (χ3v) is 4.15. The Balaban J connectivity index is 0.00000676. The molecule has 0 saturated carbocycles. The Morgan fingerprint density at radius 2 is 1.74 bits per heavy atom. The minimum atomic E-state index is 0. The Bertz CT molecular complexity index is 545. The molecule has 0 atom stereocenters. The van der Waals surface area contributed by atoms with Crippen molar-refractivity contribution in [1.82, 2.24) is 15.5 Å². The quantitative estimate of drug-likeness (QED) is 0.216. The van der Waals surface area contributed by atoms with Gasteiger partial charge in [0.15, 0.2) is 5.96 Å². The third-order valence-electron chi connectivity index (χ3n) is 4.15. The van der Waals surface area contributed by atoms with Gasteiger partial charge in [0.25, 0.3) is 5.91 Å². The summed E-state index contributed by atoms with van der Waals surface area (Å²) in [6.45, 7) is 10.6. The zero-order valence-corrected chi connectivity index (χ0v) is 19.4. The fraction of sp³-hybridized carbons (Fsp3) is 0.600. The molecule has 0 aliphatic heterocycles. The molecule has 0 spiro atoms. The van der Waals surface area contributed by atoms with Gasteiger partial charge < -0.3 is 20.3 Å². The van der Waals surface area contributed by atoms with Crippen molar-refractivity contribution in [2.24, 2.45) is 4.99 Å². The van der Waals surface area contributed by atoms with Crippen LogP contribution >= 0.6 is 24.0 Å². The Morgan fingerprint density at radius 3 is 2.30 bits per heavy atom. The fourth-order valence-electron chi connectivity index (χ4n) is 2.55. The summed E-state index contributed by atoms with van der Waals surface area (Å²) in [5, 5.41) is 6.59. The molecule has 1 aromatic carbocycles. The first-order valence-electron chi connectivity index (χ1n) is 9.56. The zero-order valence-electron chi connectivity index (χ0n) is 17.1. The Morgan fingerprint density at radius 1 is 1.07 bits per heavy atom. The molecule has 0 unspecified atom stereocenters. The number of nitrogens with one attached hydrogen (secondary N) is 2. The molecule has 0 heterocycles. The minimum absolute atomic E-state index is 0. The van der Waals surface area contributed by atoms with Crippen LogP contribution in [0.25, 0.3) is 0 Å². The van der Waals surface area contributed by atoms with E-state index in [9.17, 15) is 4.79 Å². The lowest BCUT2D eigenvalue weighted by molar-refractivity contribution is 0.0773. The molecule has 0 fully saturated rings. The van der Waals surface area contributed by atoms with Crippen LogP contribution in [0, 0.1) is 0 Å². The molecule has 154 valence electrons. The Kier molecular flexibility index (Phi) is 14.9. The number of hydrogen-bond donors (Lipinski definition) is 2. The van der Waals surface area contributed by atoms with E-state index < -0.39 is 0 Å². The lowest BCUT2D eigenvalue weighted by atomic mass is 10.1. The molecule has 1 aromatic rings. The number of guanidine groups is 1. The van der Waals surface area contributed by atoms with Gasteiger partial charge in [-0.1, -0.05) is 12.1 Å². The van der Waals surface area contributed by atoms with E-state index in [1.165, 1.54) is 0 Å². The van der Waals surface area contributed by atoms with Gasteiger partial charge in [0.2, 0.25) is 0 Å². The first kappa shape index (κ1) is 25.6. The minimum Gasteiger partial charge on any atom is -0.382 e. The van der Waals surface area contributed by atoms with Gasteiger partial charge in [-0.05, 0) is 51.3 Å². The summed E-state index contributed by atoms with van der Waals surface area (Å²) in [5.74, 6) is 0.865. The highest BCUT2D eigenvalue weighted by molar-refractivity contribution is 14.0. The summed E-state index contributed by atoms with van der Waals surface area (Å²) in [4.78, 5) is 18.4. The predicted octanol–water partition coefficient (Wildman–Crippen LogP) is 3.27. The number of carbonyl (C=O) groups is 1. The first-order valence-corrected chi connectivity index (χ1v) is 9.56. The van der Waals surface area contributed by atoms with Gasteiger partial charge in [0.1, 0.15) is 0 Å². The summed E-state index contributed by atoms with van der Waals surface area (Å²) in [6, 6.07) is 7.75. The average Bonchev–Trinajstić information content (AvgIpc) is 2.68. The first-order chi connectivity index (χ1) is 12.7. The van der Waals surface area contributed by atoms with Gasteiger partial charge in [-0.25, -0.2) is 0 Å². The van der Waals surface area contributed by atoms with Crippen molar-refractivity contribution >= 4 is 35.8 Å². The standard InChI is InChI=1S/C20H34N4O2.HI/c1-5-24(6-2)19(25)18-12-10-17(11-13-18)16-23-20(21-4)22-14-8-9-15-26-7-3;/h10-13H,5-9,14-16H2,1-4H3,(H2,21,22,23);1H. The lowest BCUT2D eigenvalue weighted by Gasteiger charge is -2.18. The van der Waals surface area contributed by atoms with E-state index in [2.05, 4.69) is 15.6 Å². The van der Waals surface area contributed by atoms with Gasteiger partial charge in [-0.3, -0.25) is 9.79 Å². The molecular formula is C20H35IN4O2. The molecular weight excluding hydrogens is 455 g/mol. The van der Waals surface area contributed by atoms with Crippen LogP contribution in [0.15, 0.2) is 29.3 Å². The Labute approximate surface area is 181 Å². The van der Waals surface area contributed by atoms with Gasteiger partial charge >= 0.3 is 0 Å².